The molecule has 2 N–H and O–H groups in total. The molecule has 1 aromatic heterocycles. The molecule has 2 aromatic rings. The molecule has 0 saturated carbocycles. The SMILES string of the molecule is CN1N=C(C2=C(Cl)CCC=C2Cl)Oc2cnc(Nc3cccc(C#N)c3)nc21.O=C(O)C(F)(F)F. The summed E-state index contributed by atoms with van der Waals surface area (Å²) >= 11 is 12.6. The lowest BCUT2D eigenvalue weighted by Gasteiger charge is -2.25. The van der Waals surface area contributed by atoms with Crippen LogP contribution in [0.3, 0.4) is 0 Å². The number of alkyl halides is 3. The van der Waals surface area contributed by atoms with Gasteiger partial charge in [0.05, 0.1) is 28.4 Å². The Balaban J connectivity index is 0.000000429. The average molecular weight is 527 g/mol. The number of hydrogen-bond donors (Lipinski definition) is 2. The lowest BCUT2D eigenvalue weighted by atomic mass is 10.1. The van der Waals surface area contributed by atoms with Crippen LogP contribution in [0.1, 0.15) is 18.4 Å². The molecule has 0 spiro atoms. The first-order valence-corrected chi connectivity index (χ1v) is 10.4. The minimum atomic E-state index is -5.08. The molecule has 4 rings (SSSR count). The normalized spacial score (nSPS) is 14.9. The molecule has 0 saturated heterocycles. The Morgan fingerprint density at radius 1 is 1.34 bits per heavy atom. The van der Waals surface area contributed by atoms with Gasteiger partial charge in [-0.2, -0.15) is 23.4 Å². The van der Waals surface area contributed by atoms with Crippen LogP contribution in [0.15, 0.2) is 57.3 Å². The molecule has 0 radical (unpaired) electrons. The molecule has 0 amide bonds. The second kappa shape index (κ2) is 10.6. The Kier molecular flexibility index (Phi) is 7.83. The van der Waals surface area contributed by atoms with Crippen molar-refractivity contribution < 1.29 is 27.8 Å². The summed E-state index contributed by atoms with van der Waals surface area (Å²) in [6.45, 7) is 0. The van der Waals surface area contributed by atoms with E-state index < -0.39 is 12.1 Å². The van der Waals surface area contributed by atoms with E-state index in [1.165, 1.54) is 0 Å². The molecular weight excluding hydrogens is 512 g/mol. The summed E-state index contributed by atoms with van der Waals surface area (Å²) in [6.07, 6.45) is -0.166. The standard InChI is InChI=1S/C19H14Cl2N6O.C2HF3O2/c1-27-17-15(28-18(26-27)16-13(20)6-3-7-14(16)21)10-23-19(25-17)24-12-5-2-4-11(8-12)9-22;3-2(4,5)1(6)7/h2,4-6,8,10H,3,7H2,1H3,(H,23,24,25);(H,6,7). The molecule has 0 unspecified atom stereocenters. The highest BCUT2D eigenvalue weighted by Gasteiger charge is 2.38. The third-order valence-electron chi connectivity index (χ3n) is 4.39. The predicted molar refractivity (Wildman–Crippen MR) is 123 cm³/mol. The molecular formula is C21H15Cl2F3N6O3. The number of anilines is 3. The van der Waals surface area contributed by atoms with Crippen molar-refractivity contribution in [1.29, 1.82) is 5.26 Å². The van der Waals surface area contributed by atoms with Crippen LogP contribution in [0.5, 0.6) is 5.75 Å². The van der Waals surface area contributed by atoms with E-state index in [2.05, 4.69) is 26.5 Å². The van der Waals surface area contributed by atoms with Gasteiger partial charge in [-0.05, 0) is 31.0 Å². The van der Waals surface area contributed by atoms with Gasteiger partial charge in [-0.15, -0.1) is 5.10 Å². The largest absolute Gasteiger partial charge is 0.490 e. The van der Waals surface area contributed by atoms with Crippen LogP contribution in [0.2, 0.25) is 0 Å². The van der Waals surface area contributed by atoms with Crippen molar-refractivity contribution in [2.45, 2.75) is 19.0 Å². The molecule has 1 aliphatic heterocycles. The fraction of sp³-hybridized carbons (Fsp3) is 0.190. The number of nitrogens with zero attached hydrogens (tertiary/aromatic N) is 5. The maximum Gasteiger partial charge on any atom is 0.490 e. The minimum absolute atomic E-state index is 0.312. The maximum absolute atomic E-state index is 10.6. The van der Waals surface area contributed by atoms with Crippen molar-refractivity contribution in [3.05, 3.63) is 57.7 Å². The Morgan fingerprint density at radius 3 is 2.69 bits per heavy atom. The third kappa shape index (κ3) is 6.40. The zero-order valence-corrected chi connectivity index (χ0v) is 19.3. The zero-order chi connectivity index (χ0) is 25.8. The van der Waals surface area contributed by atoms with Gasteiger partial charge in [0.2, 0.25) is 11.8 Å². The first kappa shape index (κ1) is 25.8. The van der Waals surface area contributed by atoms with Gasteiger partial charge in [0, 0.05) is 17.8 Å². The van der Waals surface area contributed by atoms with E-state index >= 15 is 0 Å². The van der Waals surface area contributed by atoms with Crippen molar-refractivity contribution >= 4 is 52.5 Å². The predicted octanol–water partition coefficient (Wildman–Crippen LogP) is 5.28. The van der Waals surface area contributed by atoms with Crippen LogP contribution in [0.4, 0.5) is 30.6 Å². The van der Waals surface area contributed by atoms with E-state index in [0.29, 0.717) is 56.7 Å². The summed E-state index contributed by atoms with van der Waals surface area (Å²) in [6, 6.07) is 9.14. The van der Waals surface area contributed by atoms with Gasteiger partial charge in [0.1, 0.15) is 0 Å². The molecule has 2 aliphatic rings. The third-order valence-corrected chi connectivity index (χ3v) is 5.11. The fourth-order valence-corrected chi connectivity index (χ4v) is 3.48. The number of nitrogens with one attached hydrogen (secondary N) is 1. The average Bonchev–Trinajstić information content (AvgIpc) is 2.79. The van der Waals surface area contributed by atoms with Crippen molar-refractivity contribution in [2.75, 3.05) is 17.4 Å². The Hall–Kier alpha value is -3.82. The number of carboxylic acids is 1. The maximum atomic E-state index is 10.6. The number of benzene rings is 1. The van der Waals surface area contributed by atoms with E-state index in [1.54, 1.807) is 36.5 Å². The van der Waals surface area contributed by atoms with Crippen LogP contribution >= 0.6 is 23.2 Å². The number of rotatable bonds is 3. The number of carbonyl (C=O) groups is 1. The molecule has 2 heterocycles. The number of fused-ring (bicyclic) bond motifs is 1. The van der Waals surface area contributed by atoms with E-state index in [0.717, 1.165) is 6.42 Å². The molecule has 182 valence electrons. The van der Waals surface area contributed by atoms with Gasteiger partial charge in [0.25, 0.3) is 0 Å². The van der Waals surface area contributed by atoms with E-state index in [1.807, 2.05) is 12.1 Å². The van der Waals surface area contributed by atoms with Crippen LogP contribution in [-0.4, -0.2) is 40.2 Å². The summed E-state index contributed by atoms with van der Waals surface area (Å²) in [5.41, 5.74) is 1.83. The van der Waals surface area contributed by atoms with Crippen LogP contribution < -0.4 is 15.1 Å². The van der Waals surface area contributed by atoms with Gasteiger partial charge < -0.3 is 15.2 Å². The van der Waals surface area contributed by atoms with Crippen molar-refractivity contribution in [3.63, 3.8) is 0 Å². The quantitative estimate of drug-likeness (QED) is 0.553. The summed E-state index contributed by atoms with van der Waals surface area (Å²) in [5.74, 6) is -1.16. The van der Waals surface area contributed by atoms with Crippen molar-refractivity contribution in [3.8, 4) is 11.8 Å². The van der Waals surface area contributed by atoms with E-state index in [-0.39, 0.29) is 0 Å². The lowest BCUT2D eigenvalue weighted by molar-refractivity contribution is -0.192. The molecule has 1 aromatic carbocycles. The van der Waals surface area contributed by atoms with Crippen molar-refractivity contribution in [2.24, 2.45) is 5.10 Å². The highest BCUT2D eigenvalue weighted by atomic mass is 35.5. The highest BCUT2D eigenvalue weighted by Crippen LogP contribution is 2.36. The van der Waals surface area contributed by atoms with E-state index in [4.69, 9.17) is 43.1 Å². The summed E-state index contributed by atoms with van der Waals surface area (Å²) < 4.78 is 37.6. The number of aliphatic carboxylic acids is 1. The molecule has 14 heteroatoms. The topological polar surface area (TPSA) is 124 Å². The number of nitriles is 1. The molecule has 0 bridgehead atoms. The van der Waals surface area contributed by atoms with Crippen LogP contribution in [0.25, 0.3) is 0 Å². The number of allylic oxidation sites excluding steroid dienone is 2. The van der Waals surface area contributed by atoms with Gasteiger partial charge in [0.15, 0.2) is 11.6 Å². The number of halogens is 5. The highest BCUT2D eigenvalue weighted by molar-refractivity contribution is 6.40. The fourth-order valence-electron chi connectivity index (χ4n) is 2.83. The lowest BCUT2D eigenvalue weighted by Crippen LogP contribution is -2.27. The minimum Gasteiger partial charge on any atom is -0.475 e. The van der Waals surface area contributed by atoms with Crippen LogP contribution in [-0.2, 0) is 4.79 Å². The Bertz CT molecular complexity index is 1290. The number of ether oxygens (including phenoxy) is 1. The summed E-state index contributed by atoms with van der Waals surface area (Å²) in [4.78, 5) is 17.6. The number of hydrogen-bond acceptors (Lipinski definition) is 8. The molecule has 35 heavy (non-hydrogen) atoms. The number of hydrazone groups is 1. The smallest absolute Gasteiger partial charge is 0.475 e. The van der Waals surface area contributed by atoms with E-state index in [9.17, 15) is 13.2 Å². The first-order chi connectivity index (χ1) is 16.5. The first-order valence-electron chi connectivity index (χ1n) is 9.69. The Morgan fingerprint density at radius 2 is 2.06 bits per heavy atom. The van der Waals surface area contributed by atoms with Gasteiger partial charge >= 0.3 is 12.1 Å². The molecule has 1 aliphatic carbocycles. The molecule has 0 atom stereocenters. The number of carboxylic acid groups (broad SMARTS) is 1. The zero-order valence-electron chi connectivity index (χ0n) is 17.8. The van der Waals surface area contributed by atoms with Gasteiger partial charge in [-0.1, -0.05) is 35.3 Å². The second-order valence-electron chi connectivity index (χ2n) is 6.90. The summed E-state index contributed by atoms with van der Waals surface area (Å²) in [5, 5.41) is 26.4. The monoisotopic (exact) mass is 526 g/mol. The van der Waals surface area contributed by atoms with Crippen molar-refractivity contribution in [1.82, 2.24) is 9.97 Å². The number of aromatic nitrogens is 2. The molecule has 9 nitrogen and oxygen atoms in total. The Labute approximate surface area is 206 Å². The van der Waals surface area contributed by atoms with Gasteiger partial charge in [-0.25, -0.2) is 14.8 Å². The van der Waals surface area contributed by atoms with Gasteiger partial charge in [-0.3, -0.25) is 0 Å². The summed E-state index contributed by atoms with van der Waals surface area (Å²) in [7, 11) is 1.75. The van der Waals surface area contributed by atoms with Crippen LogP contribution in [0, 0.1) is 11.3 Å². The second-order valence-corrected chi connectivity index (χ2v) is 7.77. The molecule has 0 fully saturated rings.